The molecule has 1 aliphatic heterocycles. The van der Waals surface area contributed by atoms with Crippen molar-refractivity contribution in [2.24, 2.45) is 10.9 Å². The molecular weight excluding hydrogens is 400 g/mol. The summed E-state index contributed by atoms with van der Waals surface area (Å²) in [6, 6.07) is 5.02. The fourth-order valence-electron chi connectivity index (χ4n) is 4.64. The van der Waals surface area contributed by atoms with Crippen molar-refractivity contribution in [2.75, 3.05) is 6.54 Å². The first-order chi connectivity index (χ1) is 14.0. The zero-order valence-electron chi connectivity index (χ0n) is 17.4. The summed E-state index contributed by atoms with van der Waals surface area (Å²) in [7, 11) is 0. The first kappa shape index (κ1) is 22.5. The Kier molecular flexibility index (Phi) is 6.96. The van der Waals surface area contributed by atoms with Crippen molar-refractivity contribution in [3.63, 3.8) is 0 Å². The third kappa shape index (κ3) is 4.29. The third-order valence-electron chi connectivity index (χ3n) is 6.21. The number of benzene rings is 1. The minimum Gasteiger partial charge on any atom is -0.506 e. The van der Waals surface area contributed by atoms with E-state index in [0.29, 0.717) is 18.3 Å². The molecule has 0 spiro atoms. The van der Waals surface area contributed by atoms with E-state index in [9.17, 15) is 15.0 Å². The van der Waals surface area contributed by atoms with Gasteiger partial charge in [0.05, 0.1) is 11.8 Å². The molecule has 160 valence electrons. The SMILES string of the molecule is CCc1cc2c(cc1CC)CC(NCC(O)C1=CC=C(O)C3=NC(=O)C=CC13)C2.Cl. The number of aliphatic hydroxyl groups is 2. The highest BCUT2D eigenvalue weighted by atomic mass is 35.5. The zero-order chi connectivity index (χ0) is 20.5. The molecule has 2 unspecified atom stereocenters. The summed E-state index contributed by atoms with van der Waals surface area (Å²) >= 11 is 0. The smallest absolute Gasteiger partial charge is 0.269 e. The van der Waals surface area contributed by atoms with Gasteiger partial charge >= 0.3 is 0 Å². The summed E-state index contributed by atoms with van der Waals surface area (Å²) in [6.07, 6.45) is 9.69. The maximum absolute atomic E-state index is 11.5. The molecule has 0 saturated heterocycles. The van der Waals surface area contributed by atoms with E-state index < -0.39 is 6.10 Å². The Morgan fingerprint density at radius 2 is 1.77 bits per heavy atom. The van der Waals surface area contributed by atoms with E-state index in [0.717, 1.165) is 31.3 Å². The Morgan fingerprint density at radius 1 is 1.13 bits per heavy atom. The molecule has 3 aliphatic rings. The quantitative estimate of drug-likeness (QED) is 0.650. The van der Waals surface area contributed by atoms with Crippen LogP contribution in [0.3, 0.4) is 0 Å². The molecule has 1 aromatic carbocycles. The summed E-state index contributed by atoms with van der Waals surface area (Å²) in [5.41, 5.74) is 6.78. The van der Waals surface area contributed by atoms with E-state index in [4.69, 9.17) is 0 Å². The fourth-order valence-corrected chi connectivity index (χ4v) is 4.64. The summed E-state index contributed by atoms with van der Waals surface area (Å²) in [4.78, 5) is 15.4. The molecule has 1 aromatic rings. The number of fused-ring (bicyclic) bond motifs is 2. The number of nitrogens with one attached hydrogen (secondary N) is 1. The van der Waals surface area contributed by atoms with E-state index in [-0.39, 0.29) is 30.0 Å². The number of dihydropyridines is 1. The van der Waals surface area contributed by atoms with Gasteiger partial charge < -0.3 is 15.5 Å². The number of carbonyl (C=O) groups excluding carboxylic acids is 1. The van der Waals surface area contributed by atoms with Gasteiger partial charge in [-0.2, -0.15) is 0 Å². The predicted molar refractivity (Wildman–Crippen MR) is 122 cm³/mol. The number of nitrogens with zero attached hydrogens (tertiary/aromatic N) is 1. The molecule has 6 heteroatoms. The van der Waals surface area contributed by atoms with E-state index in [1.165, 1.54) is 34.4 Å². The molecule has 30 heavy (non-hydrogen) atoms. The molecule has 5 nitrogen and oxygen atoms in total. The molecule has 4 rings (SSSR count). The normalized spacial score (nSPS) is 21.2. The predicted octanol–water partition coefficient (Wildman–Crippen LogP) is 3.19. The minimum atomic E-state index is -0.714. The van der Waals surface area contributed by atoms with Gasteiger partial charge in [-0.05, 0) is 59.6 Å². The molecule has 0 radical (unpaired) electrons. The number of rotatable bonds is 6. The molecule has 1 heterocycles. The van der Waals surface area contributed by atoms with Crippen LogP contribution in [0.2, 0.25) is 0 Å². The minimum absolute atomic E-state index is 0. The van der Waals surface area contributed by atoms with E-state index in [1.807, 2.05) is 0 Å². The third-order valence-corrected chi connectivity index (χ3v) is 6.21. The first-order valence-corrected chi connectivity index (χ1v) is 10.5. The van der Waals surface area contributed by atoms with Crippen LogP contribution >= 0.6 is 12.4 Å². The van der Waals surface area contributed by atoms with Crippen molar-refractivity contribution >= 4 is 24.0 Å². The highest BCUT2D eigenvalue weighted by Gasteiger charge is 2.32. The van der Waals surface area contributed by atoms with Gasteiger partial charge in [0.1, 0.15) is 5.76 Å². The van der Waals surface area contributed by atoms with Crippen LogP contribution in [0.5, 0.6) is 0 Å². The average Bonchev–Trinajstić information content (AvgIpc) is 3.13. The van der Waals surface area contributed by atoms with Crippen molar-refractivity contribution in [1.82, 2.24) is 5.32 Å². The van der Waals surface area contributed by atoms with Crippen LogP contribution in [0, 0.1) is 5.92 Å². The molecule has 0 bridgehead atoms. The fraction of sp³-hybridized carbons (Fsp3) is 0.417. The summed E-state index contributed by atoms with van der Waals surface area (Å²) in [5, 5.41) is 24.3. The van der Waals surface area contributed by atoms with Gasteiger partial charge in [0.2, 0.25) is 0 Å². The number of halogens is 1. The van der Waals surface area contributed by atoms with Crippen molar-refractivity contribution in [3.8, 4) is 0 Å². The lowest BCUT2D eigenvalue weighted by Gasteiger charge is -2.28. The lowest BCUT2D eigenvalue weighted by Crippen LogP contribution is -2.39. The monoisotopic (exact) mass is 428 g/mol. The van der Waals surface area contributed by atoms with Gasteiger partial charge in [-0.15, -0.1) is 12.4 Å². The lowest BCUT2D eigenvalue weighted by atomic mass is 9.83. The molecule has 0 saturated carbocycles. The van der Waals surface area contributed by atoms with Crippen LogP contribution in [0.15, 0.2) is 52.8 Å². The Hall–Kier alpha value is -2.21. The van der Waals surface area contributed by atoms with Gasteiger partial charge in [0, 0.05) is 24.6 Å². The standard InChI is InChI=1S/C24H28N2O3.ClH/c1-3-14-9-16-11-18(12-17(16)10-15(14)4-2)25-13-22(28)19-5-7-21(27)24-20(19)6-8-23(29)26-24;/h5-10,18,20,22,25,27-28H,3-4,11-13H2,1-2H3;1H. The Bertz CT molecular complexity index is 928. The number of hydrogen-bond acceptors (Lipinski definition) is 4. The highest BCUT2D eigenvalue weighted by molar-refractivity contribution is 6.13. The average molecular weight is 429 g/mol. The molecular formula is C24H29ClN2O3. The number of allylic oxidation sites excluding steroid dienone is 4. The molecule has 3 N–H and O–H groups in total. The van der Waals surface area contributed by atoms with E-state index >= 15 is 0 Å². The van der Waals surface area contributed by atoms with Crippen molar-refractivity contribution in [3.05, 3.63) is 70.0 Å². The number of amides is 1. The molecule has 1 amide bonds. The summed E-state index contributed by atoms with van der Waals surface area (Å²) in [6.45, 7) is 4.83. The topological polar surface area (TPSA) is 81.9 Å². The largest absolute Gasteiger partial charge is 0.506 e. The molecule has 2 aliphatic carbocycles. The maximum Gasteiger partial charge on any atom is 0.269 e. The number of aliphatic hydroxyl groups excluding tert-OH is 2. The second kappa shape index (κ2) is 9.29. The van der Waals surface area contributed by atoms with Crippen LogP contribution < -0.4 is 5.32 Å². The Morgan fingerprint density at radius 3 is 2.37 bits per heavy atom. The van der Waals surface area contributed by atoms with E-state index in [2.05, 4.69) is 36.3 Å². The van der Waals surface area contributed by atoms with Crippen LogP contribution in [0.25, 0.3) is 0 Å². The molecule has 2 atom stereocenters. The van der Waals surface area contributed by atoms with Gasteiger partial charge in [0.15, 0.2) is 0 Å². The lowest BCUT2D eigenvalue weighted by molar-refractivity contribution is -0.113. The first-order valence-electron chi connectivity index (χ1n) is 10.5. The van der Waals surface area contributed by atoms with Gasteiger partial charge in [-0.1, -0.05) is 38.1 Å². The summed E-state index contributed by atoms with van der Waals surface area (Å²) in [5.74, 6) is -0.748. The second-order valence-corrected chi connectivity index (χ2v) is 8.02. The van der Waals surface area contributed by atoms with Crippen LogP contribution in [0.1, 0.15) is 36.1 Å². The van der Waals surface area contributed by atoms with Crippen molar-refractivity contribution < 1.29 is 15.0 Å². The zero-order valence-corrected chi connectivity index (χ0v) is 18.2. The maximum atomic E-state index is 11.5. The highest BCUT2D eigenvalue weighted by Crippen LogP contribution is 2.29. The van der Waals surface area contributed by atoms with E-state index in [1.54, 1.807) is 12.2 Å². The Labute approximate surface area is 183 Å². The van der Waals surface area contributed by atoms with Crippen LogP contribution in [-0.2, 0) is 30.5 Å². The number of aryl methyl sites for hydroxylation is 2. The van der Waals surface area contributed by atoms with Crippen LogP contribution in [-0.4, -0.2) is 40.5 Å². The number of carbonyl (C=O) groups is 1. The van der Waals surface area contributed by atoms with Crippen molar-refractivity contribution in [1.29, 1.82) is 0 Å². The van der Waals surface area contributed by atoms with Gasteiger partial charge in [-0.25, -0.2) is 4.99 Å². The van der Waals surface area contributed by atoms with Gasteiger partial charge in [0.25, 0.3) is 5.91 Å². The number of hydrogen-bond donors (Lipinski definition) is 3. The number of aliphatic imine (C=N–C) groups is 1. The van der Waals surface area contributed by atoms with Crippen LogP contribution in [0.4, 0.5) is 0 Å². The molecule has 0 aromatic heterocycles. The van der Waals surface area contributed by atoms with Gasteiger partial charge in [-0.3, -0.25) is 4.79 Å². The second-order valence-electron chi connectivity index (χ2n) is 8.02. The Balaban J connectivity index is 0.00000256. The van der Waals surface area contributed by atoms with Crippen molar-refractivity contribution in [2.45, 2.75) is 51.7 Å². The summed E-state index contributed by atoms with van der Waals surface area (Å²) < 4.78 is 0. The molecule has 0 fully saturated rings.